The number of hydrogen-bond donors (Lipinski definition) is 4. The molecule has 2 amide bonds. The predicted octanol–water partition coefficient (Wildman–Crippen LogP) is 4.85. The van der Waals surface area contributed by atoms with E-state index in [1.807, 2.05) is 48.5 Å². The van der Waals surface area contributed by atoms with E-state index in [4.69, 9.17) is 14.7 Å². The van der Waals surface area contributed by atoms with Crippen molar-refractivity contribution >= 4 is 28.9 Å². The number of unbranched alkanes of at least 4 members (excludes halogenated alkanes) is 2. The number of piperazine rings is 1. The average Bonchev–Trinajstić information content (AvgIpc) is 3.11. The van der Waals surface area contributed by atoms with Crippen LogP contribution in [0.5, 0.6) is 0 Å². The fourth-order valence-corrected chi connectivity index (χ4v) is 6.09. The van der Waals surface area contributed by atoms with Gasteiger partial charge in [-0.15, -0.1) is 0 Å². The second kappa shape index (κ2) is 17.1. The number of nitro groups is 1. The molecule has 0 spiro atoms. The monoisotopic (exact) mass is 661 g/mol. The average molecular weight is 662 g/mol. The summed E-state index contributed by atoms with van der Waals surface area (Å²) < 4.78 is 13.1. The van der Waals surface area contributed by atoms with Gasteiger partial charge in [-0.25, -0.2) is 5.48 Å². The fraction of sp³-hybridized carbons (Fsp3) is 0.429. The lowest BCUT2D eigenvalue weighted by Crippen LogP contribution is -2.49. The number of aliphatic hydroxyl groups excluding tert-OH is 1. The van der Waals surface area contributed by atoms with E-state index in [2.05, 4.69) is 15.1 Å². The molecule has 5 rings (SSSR count). The smallest absolute Gasteiger partial charge is 0.269 e. The van der Waals surface area contributed by atoms with Crippen LogP contribution in [0.1, 0.15) is 67.6 Å². The minimum Gasteiger partial charge on any atom is -0.392 e. The molecule has 13 nitrogen and oxygen atoms in total. The molecule has 0 aliphatic carbocycles. The highest BCUT2D eigenvalue weighted by molar-refractivity contribution is 5.90. The van der Waals surface area contributed by atoms with Gasteiger partial charge in [-0.05, 0) is 48.2 Å². The number of anilines is 2. The van der Waals surface area contributed by atoms with Gasteiger partial charge in [-0.3, -0.25) is 29.8 Å². The highest BCUT2D eigenvalue weighted by Crippen LogP contribution is 2.39. The SMILES string of the molecule is O=C(CCCCCC(=O)Nc1cccc([C@@H]2O[C@H](CN3CCN(c4ccc([N+](=O)[O-])cc4)CC3)C[C@H](c3ccc(CO)cc3)O2)c1)NO. The van der Waals surface area contributed by atoms with Crippen LogP contribution in [0.25, 0.3) is 0 Å². The van der Waals surface area contributed by atoms with Gasteiger partial charge in [-0.1, -0.05) is 42.8 Å². The lowest BCUT2D eigenvalue weighted by molar-refractivity contribution is -0.384. The molecular weight excluding hydrogens is 618 g/mol. The molecule has 3 aromatic rings. The van der Waals surface area contributed by atoms with Crippen LogP contribution in [0.15, 0.2) is 72.8 Å². The van der Waals surface area contributed by atoms with Crippen LogP contribution in [-0.2, 0) is 25.7 Å². The van der Waals surface area contributed by atoms with E-state index in [0.29, 0.717) is 44.3 Å². The Morgan fingerprint density at radius 1 is 0.875 bits per heavy atom. The maximum atomic E-state index is 12.6. The summed E-state index contributed by atoms with van der Waals surface area (Å²) in [7, 11) is 0. The van der Waals surface area contributed by atoms with Crippen molar-refractivity contribution in [2.75, 3.05) is 42.9 Å². The number of rotatable bonds is 14. The molecule has 4 N–H and O–H groups in total. The van der Waals surface area contributed by atoms with E-state index >= 15 is 0 Å². The summed E-state index contributed by atoms with van der Waals surface area (Å²) in [6.45, 7) is 3.87. The molecule has 48 heavy (non-hydrogen) atoms. The largest absolute Gasteiger partial charge is 0.392 e. The summed E-state index contributed by atoms with van der Waals surface area (Å²) in [6.07, 6.45) is 2.04. The molecule has 2 aliphatic rings. The number of nitrogens with zero attached hydrogens (tertiary/aromatic N) is 3. The lowest BCUT2D eigenvalue weighted by atomic mass is 9.99. The number of amides is 2. The number of benzene rings is 3. The van der Waals surface area contributed by atoms with Gasteiger partial charge >= 0.3 is 0 Å². The van der Waals surface area contributed by atoms with Gasteiger partial charge in [0, 0.05) is 81.1 Å². The molecule has 2 fully saturated rings. The highest BCUT2D eigenvalue weighted by atomic mass is 16.7. The molecule has 0 radical (unpaired) electrons. The summed E-state index contributed by atoms with van der Waals surface area (Å²) in [6, 6.07) is 21.9. The number of non-ortho nitro benzene ring substituents is 1. The molecule has 256 valence electrons. The molecule has 2 heterocycles. The number of aliphatic hydroxyl groups is 1. The van der Waals surface area contributed by atoms with Crippen molar-refractivity contribution in [1.82, 2.24) is 10.4 Å². The Morgan fingerprint density at radius 2 is 1.58 bits per heavy atom. The zero-order chi connectivity index (χ0) is 33.9. The summed E-state index contributed by atoms with van der Waals surface area (Å²) in [5, 5.41) is 32.1. The minimum atomic E-state index is -0.665. The van der Waals surface area contributed by atoms with Crippen LogP contribution >= 0.6 is 0 Å². The molecule has 0 unspecified atom stereocenters. The summed E-state index contributed by atoms with van der Waals surface area (Å²) >= 11 is 0. The fourth-order valence-electron chi connectivity index (χ4n) is 6.09. The molecule has 3 atom stereocenters. The maximum absolute atomic E-state index is 12.6. The van der Waals surface area contributed by atoms with Crippen molar-refractivity contribution in [3.8, 4) is 0 Å². The van der Waals surface area contributed by atoms with Crippen LogP contribution in [0.2, 0.25) is 0 Å². The number of ether oxygens (including phenoxy) is 2. The van der Waals surface area contributed by atoms with Crippen molar-refractivity contribution in [1.29, 1.82) is 0 Å². The van der Waals surface area contributed by atoms with Crippen molar-refractivity contribution < 1.29 is 34.3 Å². The van der Waals surface area contributed by atoms with Crippen molar-refractivity contribution in [2.24, 2.45) is 0 Å². The normalized spacial score (nSPS) is 19.9. The molecule has 3 aromatic carbocycles. The first kappa shape index (κ1) is 34.9. The van der Waals surface area contributed by atoms with Gasteiger partial charge in [0.15, 0.2) is 6.29 Å². The van der Waals surface area contributed by atoms with Gasteiger partial charge in [0.05, 0.1) is 23.7 Å². The molecule has 13 heteroatoms. The van der Waals surface area contributed by atoms with Gasteiger partial charge in [0.25, 0.3) is 5.69 Å². The van der Waals surface area contributed by atoms with Crippen LogP contribution in [-0.4, -0.2) is 70.8 Å². The van der Waals surface area contributed by atoms with E-state index in [0.717, 1.165) is 48.6 Å². The summed E-state index contributed by atoms with van der Waals surface area (Å²) in [4.78, 5) is 39.0. The number of nitro benzene ring substituents is 1. The first-order valence-electron chi connectivity index (χ1n) is 16.4. The number of hydroxylamine groups is 1. The Labute approximate surface area is 279 Å². The van der Waals surface area contributed by atoms with Gasteiger partial charge in [0.1, 0.15) is 0 Å². The Kier molecular flexibility index (Phi) is 12.5. The Bertz CT molecular complexity index is 1510. The highest BCUT2D eigenvalue weighted by Gasteiger charge is 2.34. The van der Waals surface area contributed by atoms with Crippen molar-refractivity contribution in [3.05, 3.63) is 99.6 Å². The molecule has 0 bridgehead atoms. The number of nitrogens with one attached hydrogen (secondary N) is 2. The molecule has 0 saturated carbocycles. The van der Waals surface area contributed by atoms with E-state index < -0.39 is 17.1 Å². The zero-order valence-electron chi connectivity index (χ0n) is 26.8. The third kappa shape index (κ3) is 9.81. The number of carbonyl (C=O) groups is 2. The van der Waals surface area contributed by atoms with E-state index in [1.165, 1.54) is 12.1 Å². The quantitative estimate of drug-likeness (QED) is 0.0812. The standard InChI is InChI=1S/C35H43N5O8/c41-24-25-9-11-26(12-10-25)32-22-31(23-38-17-19-39(20-18-38)29-13-15-30(16-14-29)40(45)46)47-35(48-32)27-5-4-6-28(21-27)36-33(42)7-2-1-3-8-34(43)37-44/h4-6,9-16,21,31-32,35,41,44H,1-3,7-8,17-20,22-24H2,(H,36,42)(H,37,43)/t31-,32+,35+/m0/s1. The first-order chi connectivity index (χ1) is 23.3. The van der Waals surface area contributed by atoms with Gasteiger partial charge in [0.2, 0.25) is 11.8 Å². The Hall–Kier alpha value is -4.40. The zero-order valence-corrected chi connectivity index (χ0v) is 26.8. The van der Waals surface area contributed by atoms with E-state index in [-0.39, 0.29) is 36.8 Å². The summed E-state index contributed by atoms with van der Waals surface area (Å²) in [5.41, 5.74) is 5.90. The third-order valence-electron chi connectivity index (χ3n) is 8.75. The summed E-state index contributed by atoms with van der Waals surface area (Å²) in [5.74, 6) is -0.561. The molecular formula is C35H43N5O8. The van der Waals surface area contributed by atoms with Gasteiger partial charge < -0.3 is 24.8 Å². The first-order valence-corrected chi connectivity index (χ1v) is 16.4. The molecule has 0 aromatic heterocycles. The number of hydrogen-bond acceptors (Lipinski definition) is 10. The van der Waals surface area contributed by atoms with Crippen molar-refractivity contribution in [3.63, 3.8) is 0 Å². The minimum absolute atomic E-state index is 0.0363. The van der Waals surface area contributed by atoms with Crippen molar-refractivity contribution in [2.45, 2.75) is 63.6 Å². The second-order valence-electron chi connectivity index (χ2n) is 12.2. The molecule has 2 saturated heterocycles. The maximum Gasteiger partial charge on any atom is 0.269 e. The molecule has 2 aliphatic heterocycles. The predicted molar refractivity (Wildman–Crippen MR) is 178 cm³/mol. The van der Waals surface area contributed by atoms with Crippen LogP contribution in [0, 0.1) is 10.1 Å². The third-order valence-corrected chi connectivity index (χ3v) is 8.75. The lowest BCUT2D eigenvalue weighted by Gasteiger charge is -2.41. The van der Waals surface area contributed by atoms with Crippen LogP contribution in [0.3, 0.4) is 0 Å². The second-order valence-corrected chi connectivity index (χ2v) is 12.2. The van der Waals surface area contributed by atoms with E-state index in [9.17, 15) is 24.8 Å². The number of carbonyl (C=O) groups excluding carboxylic acids is 2. The van der Waals surface area contributed by atoms with E-state index in [1.54, 1.807) is 17.6 Å². The van der Waals surface area contributed by atoms with Crippen LogP contribution < -0.4 is 15.7 Å². The van der Waals surface area contributed by atoms with Gasteiger partial charge in [-0.2, -0.15) is 0 Å². The van der Waals surface area contributed by atoms with Crippen LogP contribution in [0.4, 0.5) is 17.1 Å². The Morgan fingerprint density at radius 3 is 2.25 bits per heavy atom. The topological polar surface area (TPSA) is 167 Å². The Balaban J connectivity index is 1.21.